The monoisotopic (exact) mass is 391 g/mol. The molecule has 1 saturated heterocycles. The van der Waals surface area contributed by atoms with Crippen LogP contribution in [0.4, 0.5) is 0 Å². The van der Waals surface area contributed by atoms with Crippen molar-refractivity contribution in [3.8, 4) is 0 Å². The molecule has 27 heavy (non-hydrogen) atoms. The van der Waals surface area contributed by atoms with Crippen molar-refractivity contribution in [3.05, 3.63) is 34.9 Å². The molecule has 2 unspecified atom stereocenters. The van der Waals surface area contributed by atoms with Gasteiger partial charge in [-0.3, -0.25) is 9.59 Å². The van der Waals surface area contributed by atoms with Gasteiger partial charge in [0.05, 0.1) is 6.04 Å². The van der Waals surface area contributed by atoms with E-state index in [0.717, 1.165) is 37.8 Å². The first-order valence-corrected chi connectivity index (χ1v) is 10.5. The summed E-state index contributed by atoms with van der Waals surface area (Å²) in [6, 6.07) is 7.47. The van der Waals surface area contributed by atoms with E-state index in [2.05, 4.69) is 10.6 Å². The van der Waals surface area contributed by atoms with Gasteiger partial charge >= 0.3 is 0 Å². The molecule has 1 aliphatic carbocycles. The summed E-state index contributed by atoms with van der Waals surface area (Å²) in [7, 11) is 0. The highest BCUT2D eigenvalue weighted by molar-refractivity contribution is 6.31. The van der Waals surface area contributed by atoms with Crippen molar-refractivity contribution >= 4 is 23.4 Å². The molecule has 3 rings (SSSR count). The number of carbonyl (C=O) groups is 2. The number of piperazine rings is 1. The van der Waals surface area contributed by atoms with E-state index in [0.29, 0.717) is 24.5 Å². The van der Waals surface area contributed by atoms with E-state index in [-0.39, 0.29) is 29.8 Å². The van der Waals surface area contributed by atoms with Crippen LogP contribution >= 0.6 is 11.6 Å². The number of hydrogen-bond acceptors (Lipinski definition) is 3. The Balaban J connectivity index is 1.59. The number of amides is 2. The maximum atomic E-state index is 13.0. The lowest BCUT2D eigenvalue weighted by Gasteiger charge is -2.37. The third-order valence-corrected chi connectivity index (χ3v) is 6.02. The highest BCUT2D eigenvalue weighted by Crippen LogP contribution is 2.29. The van der Waals surface area contributed by atoms with Crippen LogP contribution in [0.2, 0.25) is 5.02 Å². The van der Waals surface area contributed by atoms with Gasteiger partial charge in [-0.15, -0.1) is 0 Å². The molecule has 1 aromatic rings. The normalized spacial score (nSPS) is 22.3. The Bertz CT molecular complexity index is 661. The summed E-state index contributed by atoms with van der Waals surface area (Å²) in [5.41, 5.74) is 0.971. The number of rotatable bonds is 5. The largest absolute Gasteiger partial charge is 0.353 e. The van der Waals surface area contributed by atoms with Crippen LogP contribution in [0.15, 0.2) is 24.3 Å². The first kappa shape index (κ1) is 20.2. The maximum Gasteiger partial charge on any atom is 0.225 e. The van der Waals surface area contributed by atoms with Gasteiger partial charge in [0.15, 0.2) is 0 Å². The zero-order valence-corrected chi connectivity index (χ0v) is 16.8. The predicted molar refractivity (Wildman–Crippen MR) is 108 cm³/mol. The molecule has 148 valence electrons. The highest BCUT2D eigenvalue weighted by atomic mass is 35.5. The quantitative estimate of drug-likeness (QED) is 0.809. The molecule has 2 aliphatic rings. The van der Waals surface area contributed by atoms with Crippen molar-refractivity contribution in [2.75, 3.05) is 19.6 Å². The molecule has 2 atom stereocenters. The summed E-state index contributed by atoms with van der Waals surface area (Å²) in [6.45, 7) is 4.04. The van der Waals surface area contributed by atoms with Crippen molar-refractivity contribution in [2.24, 2.45) is 5.92 Å². The first-order chi connectivity index (χ1) is 13.1. The van der Waals surface area contributed by atoms with E-state index in [9.17, 15) is 9.59 Å². The Morgan fingerprint density at radius 2 is 2.00 bits per heavy atom. The summed E-state index contributed by atoms with van der Waals surface area (Å²) in [5, 5.41) is 7.09. The lowest BCUT2D eigenvalue weighted by molar-refractivity contribution is -0.135. The summed E-state index contributed by atoms with van der Waals surface area (Å²) in [4.78, 5) is 27.3. The molecule has 6 heteroatoms. The van der Waals surface area contributed by atoms with E-state index in [1.165, 1.54) is 6.42 Å². The molecule has 0 spiro atoms. The SMILES string of the molecule is CC(CC(=O)N1CCNCC1c1ccccc1Cl)NC(=O)C1CCCCC1. The molecule has 2 amide bonds. The average Bonchev–Trinajstić information content (AvgIpc) is 2.69. The standard InChI is InChI=1S/C21H30ClN3O2/c1-15(24-21(27)16-7-3-2-4-8-16)13-20(26)25-12-11-23-14-19(25)17-9-5-6-10-18(17)22/h5-6,9-10,15-16,19,23H,2-4,7-8,11-14H2,1H3,(H,24,27). The second-order valence-corrected chi connectivity index (χ2v) is 8.18. The lowest BCUT2D eigenvalue weighted by Crippen LogP contribution is -2.50. The first-order valence-electron chi connectivity index (χ1n) is 10.1. The molecular weight excluding hydrogens is 362 g/mol. The van der Waals surface area contributed by atoms with E-state index >= 15 is 0 Å². The van der Waals surface area contributed by atoms with Gasteiger partial charge in [-0.1, -0.05) is 49.1 Å². The number of carbonyl (C=O) groups excluding carboxylic acids is 2. The second-order valence-electron chi connectivity index (χ2n) is 7.78. The van der Waals surface area contributed by atoms with Crippen LogP contribution in [-0.2, 0) is 9.59 Å². The van der Waals surface area contributed by atoms with Crippen LogP contribution in [0.5, 0.6) is 0 Å². The third kappa shape index (κ3) is 5.23. The van der Waals surface area contributed by atoms with E-state index in [1.54, 1.807) is 0 Å². The molecular formula is C21H30ClN3O2. The van der Waals surface area contributed by atoms with Crippen molar-refractivity contribution in [2.45, 2.75) is 57.5 Å². The fourth-order valence-corrected chi connectivity index (χ4v) is 4.44. The minimum absolute atomic E-state index is 0.0675. The number of benzene rings is 1. The van der Waals surface area contributed by atoms with Crippen molar-refractivity contribution in [3.63, 3.8) is 0 Å². The van der Waals surface area contributed by atoms with Crippen LogP contribution in [0.3, 0.4) is 0 Å². The minimum Gasteiger partial charge on any atom is -0.353 e. The lowest BCUT2D eigenvalue weighted by atomic mass is 9.88. The Hall–Kier alpha value is -1.59. The van der Waals surface area contributed by atoms with Crippen LogP contribution in [0, 0.1) is 5.92 Å². The van der Waals surface area contributed by atoms with Crippen LogP contribution < -0.4 is 10.6 Å². The number of nitrogens with zero attached hydrogens (tertiary/aromatic N) is 1. The molecule has 2 fully saturated rings. The Morgan fingerprint density at radius 1 is 1.26 bits per heavy atom. The van der Waals surface area contributed by atoms with Gasteiger partial charge in [0, 0.05) is 43.0 Å². The predicted octanol–water partition coefficient (Wildman–Crippen LogP) is 3.29. The molecule has 1 aliphatic heterocycles. The second kappa shape index (κ2) is 9.56. The van der Waals surface area contributed by atoms with Gasteiger partial charge < -0.3 is 15.5 Å². The molecule has 5 nitrogen and oxygen atoms in total. The highest BCUT2D eigenvalue weighted by Gasteiger charge is 2.30. The van der Waals surface area contributed by atoms with Crippen molar-refractivity contribution in [1.82, 2.24) is 15.5 Å². The minimum atomic E-state index is -0.159. The average molecular weight is 392 g/mol. The van der Waals surface area contributed by atoms with Gasteiger partial charge in [-0.2, -0.15) is 0 Å². The summed E-state index contributed by atoms with van der Waals surface area (Å²) in [6.07, 6.45) is 5.75. The fraction of sp³-hybridized carbons (Fsp3) is 0.619. The molecule has 1 aromatic carbocycles. The summed E-state index contributed by atoms with van der Waals surface area (Å²) in [5.74, 6) is 0.294. The number of halogens is 1. The van der Waals surface area contributed by atoms with E-state index < -0.39 is 0 Å². The van der Waals surface area contributed by atoms with Gasteiger partial charge in [0.2, 0.25) is 11.8 Å². The summed E-state index contributed by atoms with van der Waals surface area (Å²) >= 11 is 6.37. The smallest absolute Gasteiger partial charge is 0.225 e. The van der Waals surface area contributed by atoms with Crippen molar-refractivity contribution < 1.29 is 9.59 Å². The Labute approximate surface area is 166 Å². The molecule has 1 heterocycles. The molecule has 0 bridgehead atoms. The topological polar surface area (TPSA) is 61.4 Å². The Morgan fingerprint density at radius 3 is 2.74 bits per heavy atom. The van der Waals surface area contributed by atoms with Gasteiger partial charge in [0.25, 0.3) is 0 Å². The van der Waals surface area contributed by atoms with Crippen molar-refractivity contribution in [1.29, 1.82) is 0 Å². The van der Waals surface area contributed by atoms with Gasteiger partial charge in [-0.05, 0) is 31.4 Å². The zero-order chi connectivity index (χ0) is 19.2. The fourth-order valence-electron chi connectivity index (χ4n) is 4.18. The third-order valence-electron chi connectivity index (χ3n) is 5.67. The maximum absolute atomic E-state index is 13.0. The number of hydrogen-bond donors (Lipinski definition) is 2. The number of nitrogens with one attached hydrogen (secondary N) is 2. The Kier molecular flexibility index (Phi) is 7.13. The molecule has 2 N–H and O–H groups in total. The molecule has 1 saturated carbocycles. The molecule has 0 radical (unpaired) electrons. The van der Waals surface area contributed by atoms with Gasteiger partial charge in [-0.25, -0.2) is 0 Å². The van der Waals surface area contributed by atoms with E-state index in [4.69, 9.17) is 11.6 Å². The van der Waals surface area contributed by atoms with Crippen LogP contribution in [0.25, 0.3) is 0 Å². The summed E-state index contributed by atoms with van der Waals surface area (Å²) < 4.78 is 0. The van der Waals surface area contributed by atoms with E-state index in [1.807, 2.05) is 36.1 Å². The zero-order valence-electron chi connectivity index (χ0n) is 16.0. The van der Waals surface area contributed by atoms with Crippen LogP contribution in [-0.4, -0.2) is 42.4 Å². The molecule has 0 aromatic heterocycles. The van der Waals surface area contributed by atoms with Crippen LogP contribution in [0.1, 0.15) is 57.1 Å². The van der Waals surface area contributed by atoms with Gasteiger partial charge in [0.1, 0.15) is 0 Å².